The van der Waals surface area contributed by atoms with Crippen LogP contribution >= 0.6 is 0 Å². The molecule has 7 nitrogen and oxygen atoms in total. The summed E-state index contributed by atoms with van der Waals surface area (Å²) < 4.78 is 1.73. The SMILES string of the molecule is O=C(CCn1ncc(=O)c2ccccc21)N1CCNCC1c1cccnc1. The normalized spacial score (nSPS) is 17.2. The Morgan fingerprint density at radius 3 is 2.93 bits per heavy atom. The number of benzene rings is 1. The highest BCUT2D eigenvalue weighted by atomic mass is 16.2. The van der Waals surface area contributed by atoms with Gasteiger partial charge >= 0.3 is 0 Å². The van der Waals surface area contributed by atoms with Gasteiger partial charge in [-0.2, -0.15) is 5.10 Å². The predicted molar refractivity (Wildman–Crippen MR) is 102 cm³/mol. The Balaban J connectivity index is 1.52. The molecule has 0 radical (unpaired) electrons. The summed E-state index contributed by atoms with van der Waals surface area (Å²) in [4.78, 5) is 31.0. The highest BCUT2D eigenvalue weighted by Gasteiger charge is 2.27. The fourth-order valence-electron chi connectivity index (χ4n) is 3.56. The minimum Gasteiger partial charge on any atom is -0.333 e. The number of amides is 1. The van der Waals surface area contributed by atoms with Gasteiger partial charge in [0.15, 0.2) is 0 Å². The van der Waals surface area contributed by atoms with Gasteiger partial charge < -0.3 is 10.2 Å². The average molecular weight is 363 g/mol. The Kier molecular flexibility index (Phi) is 4.93. The summed E-state index contributed by atoms with van der Waals surface area (Å²) in [5, 5.41) is 8.18. The second-order valence-electron chi connectivity index (χ2n) is 6.59. The number of aryl methyl sites for hydroxylation is 1. The third-order valence-corrected chi connectivity index (χ3v) is 4.93. The highest BCUT2D eigenvalue weighted by Crippen LogP contribution is 2.22. The number of nitrogens with one attached hydrogen (secondary N) is 1. The van der Waals surface area contributed by atoms with E-state index in [1.807, 2.05) is 41.4 Å². The van der Waals surface area contributed by atoms with E-state index in [0.29, 0.717) is 24.9 Å². The zero-order chi connectivity index (χ0) is 18.6. The van der Waals surface area contributed by atoms with Crippen molar-refractivity contribution in [1.82, 2.24) is 25.0 Å². The van der Waals surface area contributed by atoms with E-state index in [2.05, 4.69) is 15.4 Å². The Hall–Kier alpha value is -3.06. The summed E-state index contributed by atoms with van der Waals surface area (Å²) in [5.41, 5.74) is 1.68. The monoisotopic (exact) mass is 363 g/mol. The number of aromatic nitrogens is 3. The molecule has 27 heavy (non-hydrogen) atoms. The molecule has 2 aromatic heterocycles. The summed E-state index contributed by atoms with van der Waals surface area (Å²) in [6.07, 6.45) is 5.19. The largest absolute Gasteiger partial charge is 0.333 e. The number of nitrogens with zero attached hydrogens (tertiary/aromatic N) is 4. The number of carbonyl (C=O) groups excluding carboxylic acids is 1. The van der Waals surface area contributed by atoms with Gasteiger partial charge in [0.05, 0.1) is 24.3 Å². The maximum atomic E-state index is 12.9. The van der Waals surface area contributed by atoms with E-state index in [1.165, 1.54) is 6.20 Å². The number of hydrogen-bond donors (Lipinski definition) is 1. The van der Waals surface area contributed by atoms with Gasteiger partial charge in [-0.25, -0.2) is 0 Å². The van der Waals surface area contributed by atoms with Gasteiger partial charge in [0.1, 0.15) is 0 Å². The molecule has 1 aromatic carbocycles. The molecule has 4 rings (SSSR count). The number of rotatable bonds is 4. The van der Waals surface area contributed by atoms with E-state index >= 15 is 0 Å². The van der Waals surface area contributed by atoms with Gasteiger partial charge in [0, 0.05) is 43.8 Å². The molecule has 1 N–H and O–H groups in total. The van der Waals surface area contributed by atoms with Gasteiger partial charge in [0.2, 0.25) is 11.3 Å². The zero-order valence-electron chi connectivity index (χ0n) is 14.9. The lowest BCUT2D eigenvalue weighted by atomic mass is 10.0. The molecule has 7 heteroatoms. The van der Waals surface area contributed by atoms with Gasteiger partial charge in [-0.1, -0.05) is 18.2 Å². The average Bonchev–Trinajstić information content (AvgIpc) is 2.74. The molecule has 3 aromatic rings. The van der Waals surface area contributed by atoms with Crippen LogP contribution in [0.2, 0.25) is 0 Å². The number of piperazine rings is 1. The van der Waals surface area contributed by atoms with Crippen LogP contribution in [0.3, 0.4) is 0 Å². The minimum absolute atomic E-state index is 0.0151. The lowest BCUT2D eigenvalue weighted by molar-refractivity contribution is -0.134. The quantitative estimate of drug-likeness (QED) is 0.757. The van der Waals surface area contributed by atoms with Crippen molar-refractivity contribution in [3.05, 3.63) is 70.8 Å². The second kappa shape index (κ2) is 7.67. The molecule has 0 aliphatic carbocycles. The molecule has 1 fully saturated rings. The number of fused-ring (bicyclic) bond motifs is 1. The predicted octanol–water partition coefficient (Wildman–Crippen LogP) is 1.35. The molecule has 0 spiro atoms. The van der Waals surface area contributed by atoms with Crippen molar-refractivity contribution in [2.24, 2.45) is 0 Å². The van der Waals surface area contributed by atoms with Crippen molar-refractivity contribution < 1.29 is 4.79 Å². The van der Waals surface area contributed by atoms with E-state index in [9.17, 15) is 9.59 Å². The standard InChI is InChI=1S/C20H21N5O2/c26-19-14-23-25(17-6-2-1-5-16(17)19)10-7-20(27)24-11-9-22-13-18(24)15-4-3-8-21-12-15/h1-6,8,12,14,18,22H,7,9-11,13H2. The first-order valence-corrected chi connectivity index (χ1v) is 9.09. The van der Waals surface area contributed by atoms with Crippen LogP contribution in [0.15, 0.2) is 59.8 Å². The van der Waals surface area contributed by atoms with Gasteiger partial charge in [-0.05, 0) is 23.8 Å². The van der Waals surface area contributed by atoms with Crippen LogP contribution in [-0.2, 0) is 11.3 Å². The van der Waals surface area contributed by atoms with Crippen LogP contribution in [0.5, 0.6) is 0 Å². The van der Waals surface area contributed by atoms with E-state index < -0.39 is 0 Å². The molecule has 1 aliphatic rings. The first-order chi connectivity index (χ1) is 13.2. The summed E-state index contributed by atoms with van der Waals surface area (Å²) in [6.45, 7) is 2.60. The van der Waals surface area contributed by atoms with Gasteiger partial charge in [-0.3, -0.25) is 19.3 Å². The molecule has 1 saturated heterocycles. The lowest BCUT2D eigenvalue weighted by Crippen LogP contribution is -2.48. The summed E-state index contributed by atoms with van der Waals surface area (Å²) >= 11 is 0. The van der Waals surface area contributed by atoms with Gasteiger partial charge in [0.25, 0.3) is 0 Å². The number of hydrogen-bond acceptors (Lipinski definition) is 5. The molecule has 0 saturated carbocycles. The van der Waals surface area contributed by atoms with E-state index in [-0.39, 0.29) is 17.4 Å². The zero-order valence-corrected chi connectivity index (χ0v) is 14.9. The number of carbonyl (C=O) groups is 1. The van der Waals surface area contributed by atoms with E-state index in [4.69, 9.17) is 0 Å². The van der Waals surface area contributed by atoms with Crippen molar-refractivity contribution in [2.75, 3.05) is 19.6 Å². The maximum absolute atomic E-state index is 12.9. The molecule has 1 amide bonds. The third-order valence-electron chi connectivity index (χ3n) is 4.93. The summed E-state index contributed by atoms with van der Waals surface area (Å²) in [7, 11) is 0. The van der Waals surface area contributed by atoms with Crippen LogP contribution in [0, 0.1) is 0 Å². The molecular formula is C20H21N5O2. The fraction of sp³-hybridized carbons (Fsp3) is 0.300. The molecule has 3 heterocycles. The van der Waals surface area contributed by atoms with Crippen molar-refractivity contribution in [1.29, 1.82) is 0 Å². The molecule has 1 unspecified atom stereocenters. The highest BCUT2D eigenvalue weighted by molar-refractivity contribution is 5.79. The van der Waals surface area contributed by atoms with Gasteiger partial charge in [-0.15, -0.1) is 0 Å². The van der Waals surface area contributed by atoms with E-state index in [1.54, 1.807) is 16.9 Å². The number of para-hydroxylation sites is 1. The molecule has 1 aliphatic heterocycles. The van der Waals surface area contributed by atoms with Crippen molar-refractivity contribution in [2.45, 2.75) is 19.0 Å². The van der Waals surface area contributed by atoms with Crippen LogP contribution in [0.25, 0.3) is 10.9 Å². The Morgan fingerprint density at radius 1 is 1.19 bits per heavy atom. The molecule has 1 atom stereocenters. The van der Waals surface area contributed by atoms with Crippen LogP contribution in [0.1, 0.15) is 18.0 Å². The summed E-state index contributed by atoms with van der Waals surface area (Å²) in [6, 6.07) is 11.2. The lowest BCUT2D eigenvalue weighted by Gasteiger charge is -2.36. The topological polar surface area (TPSA) is 80.1 Å². The van der Waals surface area contributed by atoms with Crippen molar-refractivity contribution in [3.63, 3.8) is 0 Å². The Morgan fingerprint density at radius 2 is 2.07 bits per heavy atom. The maximum Gasteiger partial charge on any atom is 0.225 e. The van der Waals surface area contributed by atoms with Crippen molar-refractivity contribution in [3.8, 4) is 0 Å². The van der Waals surface area contributed by atoms with Crippen LogP contribution in [-0.4, -0.2) is 45.2 Å². The smallest absolute Gasteiger partial charge is 0.225 e. The van der Waals surface area contributed by atoms with Crippen LogP contribution < -0.4 is 10.7 Å². The summed E-state index contributed by atoms with van der Waals surface area (Å²) in [5.74, 6) is 0.0786. The fourth-order valence-corrected chi connectivity index (χ4v) is 3.56. The Labute approximate surface area is 156 Å². The Bertz CT molecular complexity index is 1000. The molecular weight excluding hydrogens is 342 g/mol. The van der Waals surface area contributed by atoms with Crippen LogP contribution in [0.4, 0.5) is 0 Å². The first-order valence-electron chi connectivity index (χ1n) is 9.09. The second-order valence-corrected chi connectivity index (χ2v) is 6.59. The first kappa shape index (κ1) is 17.4. The van der Waals surface area contributed by atoms with Crippen molar-refractivity contribution >= 4 is 16.8 Å². The molecule has 138 valence electrons. The minimum atomic E-state index is -0.105. The van der Waals surface area contributed by atoms with E-state index in [0.717, 1.165) is 24.2 Å². The third kappa shape index (κ3) is 3.59. The molecule has 0 bridgehead atoms. The number of pyridine rings is 1.